The quantitative estimate of drug-likeness (QED) is 0.0720. The van der Waals surface area contributed by atoms with Crippen molar-refractivity contribution in [2.45, 2.75) is 130 Å². The van der Waals surface area contributed by atoms with E-state index in [0.29, 0.717) is 19.4 Å². The molecular formula is C27H56N8O11. The molecule has 2 aliphatic heterocycles. The monoisotopic (exact) mass is 668 g/mol. The van der Waals surface area contributed by atoms with E-state index in [1.807, 2.05) is 0 Å². The highest BCUT2D eigenvalue weighted by Crippen LogP contribution is 2.34. The topological polar surface area (TPSA) is 356 Å². The Hall–Kier alpha value is -1.21. The molecule has 1 aliphatic carbocycles. The molecule has 0 radical (unpaired) electrons. The minimum Gasteiger partial charge on any atom is -0.394 e. The molecule has 20 N–H and O–H groups in total. The van der Waals surface area contributed by atoms with E-state index in [9.17, 15) is 35.4 Å². The molecule has 3 fully saturated rings. The molecule has 10 unspecified atom stereocenters. The number of nitrogens with one attached hydrogen (secondary N) is 2. The van der Waals surface area contributed by atoms with Gasteiger partial charge in [-0.3, -0.25) is 10.1 Å². The smallest absolute Gasteiger partial charge is 0.251 e. The molecule has 1 saturated carbocycles. The van der Waals surface area contributed by atoms with Crippen molar-refractivity contribution in [1.29, 1.82) is 0 Å². The number of hydrogen-bond donors (Lipinski definition) is 14. The summed E-state index contributed by atoms with van der Waals surface area (Å²) in [7, 11) is 0. The van der Waals surface area contributed by atoms with E-state index >= 15 is 0 Å². The van der Waals surface area contributed by atoms with Crippen molar-refractivity contribution in [3.05, 3.63) is 0 Å². The van der Waals surface area contributed by atoms with Crippen molar-refractivity contribution in [2.75, 3.05) is 26.2 Å². The molecule has 0 aromatic carbocycles. The van der Waals surface area contributed by atoms with E-state index in [1.54, 1.807) is 6.92 Å². The second-order valence-corrected chi connectivity index (χ2v) is 12.6. The van der Waals surface area contributed by atoms with Gasteiger partial charge in [-0.1, -0.05) is 0 Å². The first-order chi connectivity index (χ1) is 21.7. The van der Waals surface area contributed by atoms with Gasteiger partial charge in [-0.05, 0) is 51.6 Å². The zero-order chi connectivity index (χ0) is 34.3. The molecule has 2 saturated heterocycles. The molecule has 270 valence electrons. The summed E-state index contributed by atoms with van der Waals surface area (Å²) < 4.78 is 24.0. The summed E-state index contributed by atoms with van der Waals surface area (Å²) in [5.41, 5.74) is 35.7. The first-order valence-electron chi connectivity index (χ1n) is 15.8. The Morgan fingerprint density at radius 2 is 1.70 bits per heavy atom. The molecule has 19 heteroatoms. The number of aliphatic hydroxyl groups is 6. The third-order valence-electron chi connectivity index (χ3n) is 9.00. The molecule has 0 bridgehead atoms. The number of rotatable bonds is 15. The van der Waals surface area contributed by atoms with Gasteiger partial charge in [0.05, 0.1) is 49.2 Å². The molecule has 46 heavy (non-hydrogen) atoms. The molecule has 3 rings (SSSR count). The van der Waals surface area contributed by atoms with Gasteiger partial charge in [0.15, 0.2) is 18.7 Å². The second kappa shape index (κ2) is 18.0. The standard InChI is InChI=1S/C27H56N8O11/c1-10(30)24(33)34-8-12-2-3-13(31)26(43-12)44-15-6-11(7-29)18(35-25(42)19(38)14(37)4-5-28)23(21(15)40)46-27-22(41)17(32)20(39)16(9-36)45-27/h10-24,26-27,34,36-41H,2-9,28-33H2,1H3,(H,35,42)/t10?,11?,12-,13?,14-,15?,16?,17-,18+,19-,20?,21?,22?,23?,24?,26+,27+/m0/s1. The zero-order valence-corrected chi connectivity index (χ0v) is 26.2. The molecular weight excluding hydrogens is 612 g/mol. The van der Waals surface area contributed by atoms with Crippen molar-refractivity contribution >= 4 is 5.91 Å². The zero-order valence-electron chi connectivity index (χ0n) is 26.2. The lowest BCUT2D eigenvalue weighted by molar-refractivity contribution is -0.315. The molecule has 17 atom stereocenters. The van der Waals surface area contributed by atoms with Crippen LogP contribution in [0.15, 0.2) is 0 Å². The number of ether oxygens (including phenoxy) is 4. The molecule has 1 amide bonds. The lowest BCUT2D eigenvalue weighted by Crippen LogP contribution is -2.68. The van der Waals surface area contributed by atoms with Crippen LogP contribution in [0.1, 0.15) is 32.6 Å². The fourth-order valence-corrected chi connectivity index (χ4v) is 5.94. The predicted molar refractivity (Wildman–Crippen MR) is 162 cm³/mol. The lowest BCUT2D eigenvalue weighted by Gasteiger charge is -2.49. The van der Waals surface area contributed by atoms with Gasteiger partial charge in [0.2, 0.25) is 0 Å². The van der Waals surface area contributed by atoms with Gasteiger partial charge >= 0.3 is 0 Å². The maximum atomic E-state index is 13.0. The van der Waals surface area contributed by atoms with Crippen LogP contribution in [0.5, 0.6) is 0 Å². The predicted octanol–water partition coefficient (Wildman–Crippen LogP) is -7.53. The number of nitrogens with two attached hydrogens (primary N) is 6. The molecule has 3 aliphatic rings. The van der Waals surface area contributed by atoms with E-state index < -0.39 is 104 Å². The Kier molecular flexibility index (Phi) is 15.3. The van der Waals surface area contributed by atoms with Crippen LogP contribution in [0, 0.1) is 5.92 Å². The number of carbonyl (C=O) groups is 1. The van der Waals surface area contributed by atoms with E-state index in [1.165, 1.54) is 0 Å². The molecule has 19 nitrogen and oxygen atoms in total. The fraction of sp³-hybridized carbons (Fsp3) is 0.963. The average Bonchev–Trinajstić information content (AvgIpc) is 3.03. The minimum absolute atomic E-state index is 0.0140. The largest absolute Gasteiger partial charge is 0.394 e. The number of aliphatic hydroxyl groups excluding tert-OH is 6. The summed E-state index contributed by atoms with van der Waals surface area (Å²) in [6, 6.07) is -3.23. The fourth-order valence-electron chi connectivity index (χ4n) is 5.94. The third kappa shape index (κ3) is 9.70. The highest BCUT2D eigenvalue weighted by atomic mass is 16.7. The van der Waals surface area contributed by atoms with Gasteiger partial charge in [0, 0.05) is 12.6 Å². The summed E-state index contributed by atoms with van der Waals surface area (Å²) >= 11 is 0. The Labute approximate surface area is 268 Å². The molecule has 0 aromatic heterocycles. The molecule has 0 spiro atoms. The Morgan fingerprint density at radius 1 is 1.00 bits per heavy atom. The Morgan fingerprint density at radius 3 is 2.30 bits per heavy atom. The lowest BCUT2D eigenvalue weighted by atomic mass is 9.78. The number of carbonyl (C=O) groups excluding carboxylic acids is 1. The van der Waals surface area contributed by atoms with E-state index in [4.69, 9.17) is 53.3 Å². The summed E-state index contributed by atoms with van der Waals surface area (Å²) in [6.45, 7) is 1.46. The highest BCUT2D eigenvalue weighted by molar-refractivity contribution is 5.81. The number of hydrogen-bond acceptors (Lipinski definition) is 18. The van der Waals surface area contributed by atoms with Crippen LogP contribution >= 0.6 is 0 Å². The second-order valence-electron chi connectivity index (χ2n) is 12.6. The maximum absolute atomic E-state index is 13.0. The summed E-state index contributed by atoms with van der Waals surface area (Å²) in [5.74, 6) is -1.62. The van der Waals surface area contributed by atoms with Crippen molar-refractivity contribution in [2.24, 2.45) is 40.3 Å². The van der Waals surface area contributed by atoms with Crippen LogP contribution in [0.2, 0.25) is 0 Å². The average molecular weight is 669 g/mol. The van der Waals surface area contributed by atoms with Crippen molar-refractivity contribution < 1.29 is 54.4 Å². The van der Waals surface area contributed by atoms with Crippen molar-refractivity contribution in [3.63, 3.8) is 0 Å². The van der Waals surface area contributed by atoms with E-state index in [-0.39, 0.29) is 38.1 Å². The number of amides is 1. The third-order valence-corrected chi connectivity index (χ3v) is 9.00. The first-order valence-corrected chi connectivity index (χ1v) is 15.8. The van der Waals surface area contributed by atoms with Gasteiger partial charge in [-0.2, -0.15) is 0 Å². The van der Waals surface area contributed by atoms with Gasteiger partial charge in [-0.25, -0.2) is 0 Å². The first kappa shape index (κ1) is 39.2. The van der Waals surface area contributed by atoms with Crippen LogP contribution in [-0.4, -0.2) is 161 Å². The SMILES string of the molecule is CC(N)C(N)NC[C@@H]1CCC(N)[C@@H](OC2CC(CN)[C@@H](NC(=O)[C@@H](O)[C@@H](O)CCN)C(O[C@H]3OC(CO)C(O)[C@H](N)C3O)C2O)O1. The highest BCUT2D eigenvalue weighted by Gasteiger charge is 2.51. The van der Waals surface area contributed by atoms with Crippen molar-refractivity contribution in [3.8, 4) is 0 Å². The van der Waals surface area contributed by atoms with Crippen LogP contribution in [0.4, 0.5) is 0 Å². The van der Waals surface area contributed by atoms with E-state index in [2.05, 4.69) is 10.6 Å². The van der Waals surface area contributed by atoms with Crippen LogP contribution < -0.4 is 45.0 Å². The van der Waals surface area contributed by atoms with Crippen LogP contribution in [0.25, 0.3) is 0 Å². The summed E-state index contributed by atoms with van der Waals surface area (Å²) in [6.07, 6.45) is -13.6. The van der Waals surface area contributed by atoms with Crippen LogP contribution in [-0.2, 0) is 23.7 Å². The minimum atomic E-state index is -1.86. The van der Waals surface area contributed by atoms with Gasteiger partial charge in [0.1, 0.15) is 30.5 Å². The van der Waals surface area contributed by atoms with Crippen LogP contribution in [0.3, 0.4) is 0 Å². The van der Waals surface area contributed by atoms with Crippen molar-refractivity contribution in [1.82, 2.24) is 10.6 Å². The Bertz CT molecular complexity index is 929. The molecule has 0 aromatic rings. The Balaban J connectivity index is 1.84. The van der Waals surface area contributed by atoms with Gasteiger partial charge in [-0.15, -0.1) is 0 Å². The normalized spacial score (nSPS) is 41.4. The maximum Gasteiger partial charge on any atom is 0.251 e. The van der Waals surface area contributed by atoms with Gasteiger partial charge in [0.25, 0.3) is 5.91 Å². The summed E-state index contributed by atoms with van der Waals surface area (Å²) in [4.78, 5) is 13.0. The van der Waals surface area contributed by atoms with Gasteiger partial charge < -0.3 is 89.3 Å². The molecule has 2 heterocycles. The van der Waals surface area contributed by atoms with E-state index in [0.717, 1.165) is 0 Å². The summed E-state index contributed by atoms with van der Waals surface area (Å²) in [5, 5.41) is 68.7.